The van der Waals surface area contributed by atoms with Crippen molar-refractivity contribution in [2.24, 2.45) is 5.10 Å². The summed E-state index contributed by atoms with van der Waals surface area (Å²) in [4.78, 5) is 21.6. The largest absolute Gasteiger partial charge is 0.273 e. The molecule has 6 nitrogen and oxygen atoms in total. The predicted octanol–water partition coefficient (Wildman–Crippen LogP) is 3.02. The quantitative estimate of drug-likeness (QED) is 0.360. The van der Waals surface area contributed by atoms with Gasteiger partial charge in [0.05, 0.1) is 10.6 Å². The second kappa shape index (κ2) is 8.04. The number of amides is 1. The van der Waals surface area contributed by atoms with Crippen LogP contribution in [0.1, 0.15) is 45.1 Å². The molecule has 1 aromatic carbocycles. The van der Waals surface area contributed by atoms with E-state index in [4.69, 9.17) is 0 Å². The fourth-order valence-corrected chi connectivity index (χ4v) is 1.63. The van der Waals surface area contributed by atoms with Gasteiger partial charge < -0.3 is 0 Å². The fourth-order valence-electron chi connectivity index (χ4n) is 1.63. The zero-order valence-corrected chi connectivity index (χ0v) is 11.8. The van der Waals surface area contributed by atoms with Gasteiger partial charge in [0.2, 0.25) is 5.91 Å². The van der Waals surface area contributed by atoms with Gasteiger partial charge in [0.15, 0.2) is 0 Å². The molecular weight excluding hydrogens is 258 g/mol. The number of hydrazone groups is 1. The van der Waals surface area contributed by atoms with Crippen LogP contribution < -0.4 is 5.43 Å². The molecule has 0 bridgehead atoms. The number of nitrogens with one attached hydrogen (secondary N) is 1. The van der Waals surface area contributed by atoms with E-state index < -0.39 is 4.92 Å². The Morgan fingerprint density at radius 2 is 1.95 bits per heavy atom. The van der Waals surface area contributed by atoms with Crippen molar-refractivity contribution in [3.8, 4) is 0 Å². The van der Waals surface area contributed by atoms with Gasteiger partial charge in [-0.25, -0.2) is 5.43 Å². The Morgan fingerprint density at radius 1 is 1.30 bits per heavy atom. The highest BCUT2D eigenvalue weighted by molar-refractivity contribution is 5.99. The normalized spacial score (nSPS) is 11.2. The maximum Gasteiger partial charge on any atom is 0.269 e. The predicted molar refractivity (Wildman–Crippen MR) is 77.6 cm³/mol. The van der Waals surface area contributed by atoms with Crippen LogP contribution in [-0.2, 0) is 4.79 Å². The first-order valence-corrected chi connectivity index (χ1v) is 6.62. The van der Waals surface area contributed by atoms with Crippen molar-refractivity contribution in [2.45, 2.75) is 39.5 Å². The lowest BCUT2D eigenvalue weighted by Crippen LogP contribution is -2.18. The van der Waals surface area contributed by atoms with E-state index in [-0.39, 0.29) is 11.6 Å². The molecule has 1 aromatic rings. The van der Waals surface area contributed by atoms with Gasteiger partial charge >= 0.3 is 0 Å². The molecule has 0 atom stereocenters. The minimum absolute atomic E-state index is 0.0325. The number of nitro groups is 1. The van der Waals surface area contributed by atoms with Crippen molar-refractivity contribution in [1.29, 1.82) is 0 Å². The van der Waals surface area contributed by atoms with Crippen LogP contribution in [-0.4, -0.2) is 16.5 Å². The average Bonchev–Trinajstić information content (AvgIpc) is 2.45. The van der Waals surface area contributed by atoms with Crippen LogP contribution in [0, 0.1) is 10.1 Å². The lowest BCUT2D eigenvalue weighted by molar-refractivity contribution is -0.384. The first kappa shape index (κ1) is 15.8. The number of hydrogen-bond donors (Lipinski definition) is 1. The van der Waals surface area contributed by atoms with Crippen LogP contribution in [0.5, 0.6) is 0 Å². The molecule has 0 fully saturated rings. The number of carbonyl (C=O) groups is 1. The molecule has 108 valence electrons. The molecule has 0 aliphatic carbocycles. The molecule has 0 radical (unpaired) electrons. The van der Waals surface area contributed by atoms with Crippen LogP contribution in [0.3, 0.4) is 0 Å². The summed E-state index contributed by atoms with van der Waals surface area (Å²) in [6, 6.07) is 6.05. The van der Waals surface area contributed by atoms with E-state index in [0.29, 0.717) is 12.1 Å². The van der Waals surface area contributed by atoms with Gasteiger partial charge in [0.25, 0.3) is 5.69 Å². The first-order chi connectivity index (χ1) is 9.54. The second-order valence-corrected chi connectivity index (χ2v) is 4.49. The third kappa shape index (κ3) is 5.17. The first-order valence-electron chi connectivity index (χ1n) is 6.62. The maximum absolute atomic E-state index is 11.5. The zero-order valence-electron chi connectivity index (χ0n) is 11.8. The van der Waals surface area contributed by atoms with E-state index in [1.54, 1.807) is 19.1 Å². The molecule has 0 unspecified atom stereocenters. The smallest absolute Gasteiger partial charge is 0.269 e. The Kier molecular flexibility index (Phi) is 6.36. The van der Waals surface area contributed by atoms with Crippen molar-refractivity contribution >= 4 is 17.3 Å². The SMILES string of the molecule is CCCCCC(=O)N/N=C(/C)c1ccc([N+](=O)[O-])cc1. The summed E-state index contributed by atoms with van der Waals surface area (Å²) >= 11 is 0. The van der Waals surface area contributed by atoms with Crippen LogP contribution in [0.15, 0.2) is 29.4 Å². The highest BCUT2D eigenvalue weighted by atomic mass is 16.6. The minimum Gasteiger partial charge on any atom is -0.273 e. The zero-order chi connectivity index (χ0) is 15.0. The van der Waals surface area contributed by atoms with Gasteiger partial charge in [-0.2, -0.15) is 5.10 Å². The molecular formula is C14H19N3O3. The Hall–Kier alpha value is -2.24. The number of benzene rings is 1. The Balaban J connectivity index is 2.55. The summed E-state index contributed by atoms with van der Waals surface area (Å²) in [5, 5.41) is 14.5. The summed E-state index contributed by atoms with van der Waals surface area (Å²) in [6.07, 6.45) is 3.41. The van der Waals surface area contributed by atoms with E-state index in [0.717, 1.165) is 24.8 Å². The molecule has 0 heterocycles. The van der Waals surface area contributed by atoms with Crippen LogP contribution in [0.25, 0.3) is 0 Å². The summed E-state index contributed by atoms with van der Waals surface area (Å²) < 4.78 is 0. The van der Waals surface area contributed by atoms with Crippen LogP contribution >= 0.6 is 0 Å². The van der Waals surface area contributed by atoms with Gasteiger partial charge in [-0.15, -0.1) is 0 Å². The van der Waals surface area contributed by atoms with Crippen molar-refractivity contribution < 1.29 is 9.72 Å². The second-order valence-electron chi connectivity index (χ2n) is 4.49. The average molecular weight is 277 g/mol. The molecule has 0 spiro atoms. The molecule has 0 saturated heterocycles. The topological polar surface area (TPSA) is 84.6 Å². The molecule has 0 aromatic heterocycles. The molecule has 1 N–H and O–H groups in total. The maximum atomic E-state index is 11.5. The highest BCUT2D eigenvalue weighted by Crippen LogP contribution is 2.12. The summed E-state index contributed by atoms with van der Waals surface area (Å²) in [6.45, 7) is 3.82. The standard InChI is InChI=1S/C14H19N3O3/c1-3-4-5-6-14(18)16-15-11(2)12-7-9-13(10-8-12)17(19)20/h7-10H,3-6H2,1-2H3,(H,16,18)/b15-11-. The molecule has 0 aliphatic heterocycles. The fraction of sp³-hybridized carbons (Fsp3) is 0.429. The monoisotopic (exact) mass is 277 g/mol. The number of nitrogens with zero attached hydrogens (tertiary/aromatic N) is 2. The van der Waals surface area contributed by atoms with Gasteiger partial charge in [-0.3, -0.25) is 14.9 Å². The van der Waals surface area contributed by atoms with Gasteiger partial charge in [0.1, 0.15) is 0 Å². The van der Waals surface area contributed by atoms with E-state index in [1.165, 1.54) is 12.1 Å². The van der Waals surface area contributed by atoms with Crippen molar-refractivity contribution in [3.05, 3.63) is 39.9 Å². The van der Waals surface area contributed by atoms with Crippen molar-refractivity contribution in [2.75, 3.05) is 0 Å². The summed E-state index contributed by atoms with van der Waals surface area (Å²) in [5.41, 5.74) is 3.88. The Bertz CT molecular complexity index is 495. The highest BCUT2D eigenvalue weighted by Gasteiger charge is 2.06. The third-order valence-electron chi connectivity index (χ3n) is 2.85. The molecule has 1 amide bonds. The summed E-state index contributed by atoms with van der Waals surface area (Å²) in [5.74, 6) is -0.111. The van der Waals surface area contributed by atoms with Gasteiger partial charge in [-0.1, -0.05) is 19.8 Å². The molecule has 0 aliphatic rings. The molecule has 1 rings (SSSR count). The van der Waals surface area contributed by atoms with Crippen LogP contribution in [0.2, 0.25) is 0 Å². The number of rotatable bonds is 7. The molecule has 20 heavy (non-hydrogen) atoms. The van der Waals surface area contributed by atoms with E-state index >= 15 is 0 Å². The Labute approximate surface area is 118 Å². The summed E-state index contributed by atoms with van der Waals surface area (Å²) in [7, 11) is 0. The van der Waals surface area contributed by atoms with E-state index in [1.807, 2.05) is 0 Å². The van der Waals surface area contributed by atoms with E-state index in [9.17, 15) is 14.9 Å². The number of unbranched alkanes of at least 4 members (excludes halogenated alkanes) is 2. The number of carbonyl (C=O) groups excluding carboxylic acids is 1. The van der Waals surface area contributed by atoms with Gasteiger partial charge in [-0.05, 0) is 31.0 Å². The van der Waals surface area contributed by atoms with Crippen molar-refractivity contribution in [1.82, 2.24) is 5.43 Å². The third-order valence-corrected chi connectivity index (χ3v) is 2.85. The van der Waals surface area contributed by atoms with Gasteiger partial charge in [0, 0.05) is 18.6 Å². The van der Waals surface area contributed by atoms with Crippen molar-refractivity contribution in [3.63, 3.8) is 0 Å². The number of nitro benzene ring substituents is 1. The Morgan fingerprint density at radius 3 is 2.50 bits per heavy atom. The number of non-ortho nitro benzene ring substituents is 1. The lowest BCUT2D eigenvalue weighted by atomic mass is 10.1. The van der Waals surface area contributed by atoms with Crippen LogP contribution in [0.4, 0.5) is 5.69 Å². The minimum atomic E-state index is -0.453. The lowest BCUT2D eigenvalue weighted by Gasteiger charge is -2.02. The van der Waals surface area contributed by atoms with E-state index in [2.05, 4.69) is 17.5 Å². The molecule has 6 heteroatoms. The molecule has 0 saturated carbocycles. The number of hydrogen-bond acceptors (Lipinski definition) is 4.